The highest BCUT2D eigenvalue weighted by Crippen LogP contribution is 2.27. The van der Waals surface area contributed by atoms with Gasteiger partial charge < -0.3 is 5.32 Å². The Morgan fingerprint density at radius 3 is 2.84 bits per heavy atom. The molecule has 0 aliphatic rings. The second kappa shape index (κ2) is 8.13. The number of hydrogen-bond donors (Lipinski definition) is 1. The van der Waals surface area contributed by atoms with Crippen LogP contribution in [-0.4, -0.2) is 22.2 Å². The molecule has 3 rings (SSSR count). The molecule has 4 nitrogen and oxygen atoms in total. The molecular weight excluding hydrogens is 330 g/mol. The Morgan fingerprint density at radius 1 is 1.28 bits per heavy atom. The lowest BCUT2D eigenvalue weighted by atomic mass is 10.2. The van der Waals surface area contributed by atoms with Crippen LogP contribution in [-0.2, 0) is 11.3 Å². The second-order valence-corrected chi connectivity index (χ2v) is 6.30. The van der Waals surface area contributed by atoms with Gasteiger partial charge in [0.15, 0.2) is 0 Å². The van der Waals surface area contributed by atoms with Crippen LogP contribution in [0, 0.1) is 12.3 Å². The summed E-state index contributed by atoms with van der Waals surface area (Å²) in [6.45, 7) is 0.893. The molecular formula is C20H17N3OS. The summed E-state index contributed by atoms with van der Waals surface area (Å²) in [4.78, 5) is 12.8. The minimum atomic E-state index is -0.217. The zero-order valence-electron chi connectivity index (χ0n) is 13.6. The lowest BCUT2D eigenvalue weighted by Gasteiger charge is -2.00. The van der Waals surface area contributed by atoms with Gasteiger partial charge in [-0.2, -0.15) is 5.10 Å². The van der Waals surface area contributed by atoms with Crippen LogP contribution in [0.2, 0.25) is 0 Å². The number of benzene rings is 1. The van der Waals surface area contributed by atoms with Gasteiger partial charge in [0.05, 0.1) is 18.0 Å². The maximum Gasteiger partial charge on any atom is 0.244 e. The Bertz CT molecular complexity index is 902. The van der Waals surface area contributed by atoms with Crippen molar-refractivity contribution in [3.63, 3.8) is 0 Å². The van der Waals surface area contributed by atoms with E-state index < -0.39 is 0 Å². The first kappa shape index (κ1) is 16.7. The fourth-order valence-corrected chi connectivity index (χ4v) is 3.11. The van der Waals surface area contributed by atoms with E-state index >= 15 is 0 Å². The predicted octanol–water partition coefficient (Wildman–Crippen LogP) is 3.42. The van der Waals surface area contributed by atoms with Crippen LogP contribution in [0.1, 0.15) is 11.1 Å². The summed E-state index contributed by atoms with van der Waals surface area (Å²) in [6.07, 6.45) is 10.4. The van der Waals surface area contributed by atoms with E-state index in [0.717, 1.165) is 16.1 Å². The second-order valence-electron chi connectivity index (χ2n) is 5.35. The number of carbonyl (C=O) groups excluding carboxylic acids is 1. The van der Waals surface area contributed by atoms with Gasteiger partial charge in [-0.1, -0.05) is 42.3 Å². The fourth-order valence-electron chi connectivity index (χ4n) is 2.38. The summed E-state index contributed by atoms with van der Waals surface area (Å²) in [5.41, 5.74) is 2.94. The first-order valence-electron chi connectivity index (χ1n) is 7.81. The summed E-state index contributed by atoms with van der Waals surface area (Å²) < 4.78 is 1.89. The van der Waals surface area contributed by atoms with E-state index in [0.29, 0.717) is 6.54 Å². The molecule has 1 amide bonds. The number of rotatable bonds is 6. The Morgan fingerprint density at radius 2 is 2.12 bits per heavy atom. The molecule has 1 N–H and O–H groups in total. The van der Waals surface area contributed by atoms with Crippen molar-refractivity contribution in [2.24, 2.45) is 0 Å². The topological polar surface area (TPSA) is 46.9 Å². The lowest BCUT2D eigenvalue weighted by molar-refractivity contribution is -0.116. The van der Waals surface area contributed by atoms with Gasteiger partial charge in [0.1, 0.15) is 5.69 Å². The first-order chi connectivity index (χ1) is 12.3. The highest BCUT2D eigenvalue weighted by atomic mass is 32.1. The van der Waals surface area contributed by atoms with Gasteiger partial charge in [-0.05, 0) is 23.1 Å². The van der Waals surface area contributed by atoms with Gasteiger partial charge in [-0.25, -0.2) is 0 Å². The number of terminal acetylenes is 1. The molecule has 0 bridgehead atoms. The minimum absolute atomic E-state index is 0.216. The largest absolute Gasteiger partial charge is 0.342 e. The highest BCUT2D eigenvalue weighted by Gasteiger charge is 2.11. The van der Waals surface area contributed by atoms with Gasteiger partial charge in [0.25, 0.3) is 0 Å². The zero-order valence-corrected chi connectivity index (χ0v) is 14.4. The first-order valence-corrected chi connectivity index (χ1v) is 8.69. The molecule has 0 saturated carbocycles. The van der Waals surface area contributed by atoms with E-state index in [4.69, 9.17) is 11.5 Å². The van der Waals surface area contributed by atoms with E-state index in [-0.39, 0.29) is 12.5 Å². The van der Waals surface area contributed by atoms with Crippen molar-refractivity contribution in [3.8, 4) is 22.9 Å². The molecule has 0 saturated heterocycles. The third-order valence-corrected chi connectivity index (χ3v) is 4.39. The Balaban J connectivity index is 1.86. The van der Waals surface area contributed by atoms with Gasteiger partial charge in [-0.3, -0.25) is 9.48 Å². The number of nitrogens with zero attached hydrogens (tertiary/aromatic N) is 2. The molecule has 0 radical (unpaired) electrons. The monoisotopic (exact) mass is 347 g/mol. The van der Waals surface area contributed by atoms with Gasteiger partial charge >= 0.3 is 0 Å². The molecule has 5 heteroatoms. The molecule has 0 aliphatic heterocycles. The van der Waals surface area contributed by atoms with Crippen molar-refractivity contribution in [1.82, 2.24) is 15.1 Å². The average Bonchev–Trinajstić information content (AvgIpc) is 3.28. The van der Waals surface area contributed by atoms with Crippen LogP contribution < -0.4 is 5.32 Å². The fraction of sp³-hybridized carbons (Fsp3) is 0.100. The summed E-state index contributed by atoms with van der Waals surface area (Å²) in [5, 5.41) is 9.33. The summed E-state index contributed by atoms with van der Waals surface area (Å²) in [7, 11) is 0. The molecule has 25 heavy (non-hydrogen) atoms. The molecule has 2 heterocycles. The van der Waals surface area contributed by atoms with E-state index in [1.54, 1.807) is 17.4 Å². The van der Waals surface area contributed by atoms with Crippen molar-refractivity contribution in [3.05, 3.63) is 71.2 Å². The molecule has 2 aromatic heterocycles. The molecule has 0 aliphatic carbocycles. The normalized spacial score (nSPS) is 10.7. The minimum Gasteiger partial charge on any atom is -0.342 e. The lowest BCUT2D eigenvalue weighted by Crippen LogP contribution is -2.20. The van der Waals surface area contributed by atoms with Gasteiger partial charge in [0.2, 0.25) is 5.91 Å². The quantitative estimate of drug-likeness (QED) is 0.549. The van der Waals surface area contributed by atoms with Gasteiger partial charge in [0, 0.05) is 17.8 Å². The van der Waals surface area contributed by atoms with E-state index in [9.17, 15) is 4.79 Å². The van der Waals surface area contributed by atoms with Crippen molar-refractivity contribution < 1.29 is 4.79 Å². The zero-order chi connectivity index (χ0) is 17.5. The van der Waals surface area contributed by atoms with Crippen LogP contribution in [0.3, 0.4) is 0 Å². The number of aromatic nitrogens is 2. The van der Waals surface area contributed by atoms with Crippen LogP contribution in [0.4, 0.5) is 0 Å². The third-order valence-electron chi connectivity index (χ3n) is 3.51. The Labute approximate surface area is 150 Å². The summed E-state index contributed by atoms with van der Waals surface area (Å²) in [5.74, 6) is 2.16. The Hall–Kier alpha value is -3.10. The van der Waals surface area contributed by atoms with Crippen molar-refractivity contribution >= 4 is 23.3 Å². The van der Waals surface area contributed by atoms with Crippen LogP contribution in [0.5, 0.6) is 0 Å². The summed E-state index contributed by atoms with van der Waals surface area (Å²) in [6, 6.07) is 14.2. The Kier molecular flexibility index (Phi) is 5.45. The van der Waals surface area contributed by atoms with E-state index in [2.05, 4.69) is 23.4 Å². The number of thiophene rings is 1. The molecule has 0 fully saturated rings. The van der Waals surface area contributed by atoms with Crippen molar-refractivity contribution in [2.75, 3.05) is 6.54 Å². The van der Waals surface area contributed by atoms with Gasteiger partial charge in [-0.15, -0.1) is 17.8 Å². The van der Waals surface area contributed by atoms with E-state index in [1.165, 1.54) is 11.6 Å². The highest BCUT2D eigenvalue weighted by molar-refractivity contribution is 7.13. The number of hydrogen-bond acceptors (Lipinski definition) is 3. The molecule has 124 valence electrons. The molecule has 1 aromatic carbocycles. The molecule has 3 aromatic rings. The smallest absolute Gasteiger partial charge is 0.244 e. The van der Waals surface area contributed by atoms with Crippen molar-refractivity contribution in [1.29, 1.82) is 0 Å². The summed E-state index contributed by atoms with van der Waals surface area (Å²) >= 11 is 1.62. The third kappa shape index (κ3) is 4.46. The molecule has 0 atom stereocenters. The van der Waals surface area contributed by atoms with Crippen molar-refractivity contribution in [2.45, 2.75) is 6.54 Å². The average molecular weight is 347 g/mol. The number of nitrogens with one attached hydrogen (secondary N) is 1. The SMILES string of the molecule is C#CCNC(=O)/C=C/c1cn(Cc2ccccc2)nc1-c1cccs1. The van der Waals surface area contributed by atoms with Crippen LogP contribution in [0.25, 0.3) is 16.6 Å². The standard InChI is InChI=1S/C20H17N3OS/c1-2-12-21-19(24)11-10-17-15-23(14-16-7-4-3-5-8-16)22-20(17)18-9-6-13-25-18/h1,3-11,13,15H,12,14H2,(H,21,24)/b11-10+. The predicted molar refractivity (Wildman–Crippen MR) is 102 cm³/mol. The molecule has 0 spiro atoms. The maximum absolute atomic E-state index is 11.8. The van der Waals surface area contributed by atoms with Crippen LogP contribution in [0.15, 0.2) is 60.1 Å². The van der Waals surface area contributed by atoms with E-state index in [1.807, 2.05) is 46.6 Å². The number of amides is 1. The maximum atomic E-state index is 11.8. The molecule has 0 unspecified atom stereocenters. The number of carbonyl (C=O) groups is 1. The van der Waals surface area contributed by atoms with Crippen LogP contribution >= 0.6 is 11.3 Å².